The molecular weight excluding hydrogens is 313 g/mol. The summed E-state index contributed by atoms with van der Waals surface area (Å²) in [5.41, 5.74) is -0.626. The van der Waals surface area contributed by atoms with Crippen molar-refractivity contribution >= 4 is 11.5 Å². The average molecular weight is 328 g/mol. The van der Waals surface area contributed by atoms with Crippen LogP contribution in [0.25, 0.3) is 5.57 Å². The number of carboxylic acids is 1. The van der Waals surface area contributed by atoms with Crippen molar-refractivity contribution in [1.82, 2.24) is 0 Å². The fraction of sp³-hybridized carbons (Fsp3) is 0.438. The minimum atomic E-state index is -4.48. The second-order valence-electron chi connectivity index (χ2n) is 5.79. The molecule has 0 saturated carbocycles. The first-order chi connectivity index (χ1) is 10.8. The van der Waals surface area contributed by atoms with Gasteiger partial charge < -0.3 is 14.6 Å². The molecule has 23 heavy (non-hydrogen) atoms. The lowest BCUT2D eigenvalue weighted by molar-refractivity contribution is -0.138. The third kappa shape index (κ3) is 3.19. The van der Waals surface area contributed by atoms with Gasteiger partial charge in [0.15, 0.2) is 0 Å². The molecule has 2 aliphatic rings. The molecule has 0 radical (unpaired) electrons. The van der Waals surface area contributed by atoms with Crippen LogP contribution in [0.1, 0.15) is 30.4 Å². The maximum Gasteiger partial charge on any atom is 0.416 e. The maximum absolute atomic E-state index is 12.9. The van der Waals surface area contributed by atoms with Crippen LogP contribution in [0.2, 0.25) is 0 Å². The Balaban J connectivity index is 2.07. The SMILES string of the molecule is O=C(O)/C=C1\CC2(CCOCC2)Oc2cc(C(F)(F)F)ccc21. The van der Waals surface area contributed by atoms with Crippen molar-refractivity contribution < 1.29 is 32.5 Å². The van der Waals surface area contributed by atoms with Gasteiger partial charge in [0, 0.05) is 30.9 Å². The smallest absolute Gasteiger partial charge is 0.416 e. The first kappa shape index (κ1) is 15.9. The van der Waals surface area contributed by atoms with Gasteiger partial charge in [-0.2, -0.15) is 13.2 Å². The highest BCUT2D eigenvalue weighted by Crippen LogP contribution is 2.46. The van der Waals surface area contributed by atoms with E-state index in [4.69, 9.17) is 14.6 Å². The Morgan fingerprint density at radius 1 is 1.26 bits per heavy atom. The fourth-order valence-electron chi connectivity index (χ4n) is 3.06. The molecule has 1 fully saturated rings. The number of rotatable bonds is 1. The Bertz CT molecular complexity index is 658. The Labute approximate surface area is 130 Å². The number of hydrogen-bond acceptors (Lipinski definition) is 3. The summed E-state index contributed by atoms with van der Waals surface area (Å²) < 4.78 is 49.9. The molecule has 0 bridgehead atoms. The molecule has 0 aliphatic carbocycles. The standard InChI is InChI=1S/C16H15F3O4/c17-16(18,19)11-1-2-12-10(7-14(20)21)9-15(23-13(12)8-11)3-5-22-6-4-15/h1-2,7-8H,3-6,9H2,(H,20,21)/b10-7+. The van der Waals surface area contributed by atoms with Gasteiger partial charge >= 0.3 is 12.1 Å². The van der Waals surface area contributed by atoms with Crippen LogP contribution in [0.15, 0.2) is 24.3 Å². The number of halogens is 3. The van der Waals surface area contributed by atoms with Crippen molar-refractivity contribution in [3.05, 3.63) is 35.4 Å². The molecule has 4 nitrogen and oxygen atoms in total. The molecule has 0 aromatic heterocycles. The van der Waals surface area contributed by atoms with Crippen LogP contribution in [0.3, 0.4) is 0 Å². The van der Waals surface area contributed by atoms with Crippen LogP contribution >= 0.6 is 0 Å². The van der Waals surface area contributed by atoms with Gasteiger partial charge in [0.2, 0.25) is 0 Å². The molecule has 1 spiro atoms. The lowest BCUT2D eigenvalue weighted by Gasteiger charge is -2.42. The molecule has 0 atom stereocenters. The molecule has 0 unspecified atom stereocenters. The van der Waals surface area contributed by atoms with E-state index in [0.29, 0.717) is 43.6 Å². The number of carboxylic acid groups (broad SMARTS) is 1. The van der Waals surface area contributed by atoms with Gasteiger partial charge in [-0.1, -0.05) is 6.07 Å². The zero-order chi connectivity index (χ0) is 16.7. The molecule has 3 rings (SSSR count). The third-order valence-corrected chi connectivity index (χ3v) is 4.20. The predicted molar refractivity (Wildman–Crippen MR) is 75.1 cm³/mol. The van der Waals surface area contributed by atoms with Crippen molar-refractivity contribution in [3.63, 3.8) is 0 Å². The molecule has 1 N–H and O–H groups in total. The first-order valence-electron chi connectivity index (χ1n) is 7.21. The lowest BCUT2D eigenvalue weighted by Crippen LogP contribution is -2.44. The number of aliphatic carboxylic acids is 1. The zero-order valence-corrected chi connectivity index (χ0v) is 12.2. The van der Waals surface area contributed by atoms with Gasteiger partial charge in [-0.15, -0.1) is 0 Å². The molecule has 1 saturated heterocycles. The van der Waals surface area contributed by atoms with Gasteiger partial charge in [-0.25, -0.2) is 4.79 Å². The van der Waals surface area contributed by atoms with Crippen molar-refractivity contribution in [3.8, 4) is 5.75 Å². The molecule has 7 heteroatoms. The predicted octanol–water partition coefficient (Wildman–Crippen LogP) is 3.51. The summed E-state index contributed by atoms with van der Waals surface area (Å²) in [6.45, 7) is 0.878. The van der Waals surface area contributed by atoms with E-state index in [0.717, 1.165) is 18.2 Å². The zero-order valence-electron chi connectivity index (χ0n) is 12.2. The summed E-state index contributed by atoms with van der Waals surface area (Å²) in [7, 11) is 0. The average Bonchev–Trinajstić information content (AvgIpc) is 2.45. The largest absolute Gasteiger partial charge is 0.486 e. The maximum atomic E-state index is 12.9. The molecule has 0 amide bonds. The Morgan fingerprint density at radius 3 is 2.57 bits per heavy atom. The molecule has 1 aromatic carbocycles. The van der Waals surface area contributed by atoms with Crippen LogP contribution in [0.4, 0.5) is 13.2 Å². The van der Waals surface area contributed by atoms with Crippen LogP contribution in [-0.2, 0) is 15.7 Å². The van der Waals surface area contributed by atoms with Crippen LogP contribution in [0.5, 0.6) is 5.75 Å². The molecule has 2 aliphatic heterocycles. The van der Waals surface area contributed by atoms with Gasteiger partial charge in [-0.3, -0.25) is 0 Å². The highest BCUT2D eigenvalue weighted by atomic mass is 19.4. The Hall–Kier alpha value is -2.02. The van der Waals surface area contributed by atoms with Gasteiger partial charge in [0.05, 0.1) is 18.8 Å². The van der Waals surface area contributed by atoms with E-state index < -0.39 is 23.3 Å². The third-order valence-electron chi connectivity index (χ3n) is 4.20. The fourth-order valence-corrected chi connectivity index (χ4v) is 3.06. The highest BCUT2D eigenvalue weighted by molar-refractivity contribution is 5.91. The minimum Gasteiger partial charge on any atom is -0.486 e. The van der Waals surface area contributed by atoms with Crippen molar-refractivity contribution in [1.29, 1.82) is 0 Å². The van der Waals surface area contributed by atoms with E-state index in [9.17, 15) is 18.0 Å². The van der Waals surface area contributed by atoms with E-state index in [2.05, 4.69) is 0 Å². The van der Waals surface area contributed by atoms with E-state index in [-0.39, 0.29) is 5.75 Å². The molecule has 124 valence electrons. The van der Waals surface area contributed by atoms with Gasteiger partial charge in [-0.05, 0) is 17.7 Å². The van der Waals surface area contributed by atoms with E-state index >= 15 is 0 Å². The number of hydrogen-bond donors (Lipinski definition) is 1. The van der Waals surface area contributed by atoms with E-state index in [1.165, 1.54) is 6.07 Å². The first-order valence-corrected chi connectivity index (χ1v) is 7.21. The second-order valence-corrected chi connectivity index (χ2v) is 5.79. The molecule has 1 aromatic rings. The summed E-state index contributed by atoms with van der Waals surface area (Å²) in [5.74, 6) is -1.05. The van der Waals surface area contributed by atoms with Gasteiger partial charge in [0.1, 0.15) is 11.4 Å². The Morgan fingerprint density at radius 2 is 1.96 bits per heavy atom. The van der Waals surface area contributed by atoms with E-state index in [1.807, 2.05) is 0 Å². The second kappa shape index (κ2) is 5.56. The lowest BCUT2D eigenvalue weighted by atomic mass is 9.81. The number of fused-ring (bicyclic) bond motifs is 1. The van der Waals surface area contributed by atoms with Gasteiger partial charge in [0.25, 0.3) is 0 Å². The highest BCUT2D eigenvalue weighted by Gasteiger charge is 2.41. The van der Waals surface area contributed by atoms with Crippen LogP contribution in [-0.4, -0.2) is 29.9 Å². The number of carbonyl (C=O) groups is 1. The quantitative estimate of drug-likeness (QED) is 0.802. The van der Waals surface area contributed by atoms with Crippen molar-refractivity contribution in [2.24, 2.45) is 0 Å². The summed E-state index contributed by atoms with van der Waals surface area (Å²) in [4.78, 5) is 11.1. The van der Waals surface area contributed by atoms with Crippen molar-refractivity contribution in [2.75, 3.05) is 13.2 Å². The summed E-state index contributed by atoms with van der Waals surface area (Å²) in [6.07, 6.45) is -2.05. The Kier molecular flexibility index (Phi) is 3.83. The topological polar surface area (TPSA) is 55.8 Å². The summed E-state index contributed by atoms with van der Waals surface area (Å²) in [5, 5.41) is 9.04. The summed E-state index contributed by atoms with van der Waals surface area (Å²) >= 11 is 0. The normalized spacial score (nSPS) is 21.8. The number of benzene rings is 1. The molecular formula is C16H15F3O4. The van der Waals surface area contributed by atoms with Crippen LogP contribution in [0, 0.1) is 0 Å². The van der Waals surface area contributed by atoms with E-state index in [1.54, 1.807) is 0 Å². The number of alkyl halides is 3. The minimum absolute atomic E-state index is 0.0838. The number of ether oxygens (including phenoxy) is 2. The molecule has 2 heterocycles. The monoisotopic (exact) mass is 328 g/mol. The summed E-state index contributed by atoms with van der Waals surface area (Å²) in [6, 6.07) is 3.17. The van der Waals surface area contributed by atoms with Crippen molar-refractivity contribution in [2.45, 2.75) is 31.0 Å². The van der Waals surface area contributed by atoms with Crippen LogP contribution < -0.4 is 4.74 Å².